The second-order valence-electron chi connectivity index (χ2n) is 4.89. The lowest BCUT2D eigenvalue weighted by atomic mass is 10.0. The number of hydrogen-bond donors (Lipinski definition) is 2. The normalized spacial score (nSPS) is 15.6. The lowest BCUT2D eigenvalue weighted by Crippen LogP contribution is -2.42. The minimum atomic E-state index is -0.235. The van der Waals surface area contributed by atoms with Crippen molar-refractivity contribution in [2.24, 2.45) is 5.73 Å². The fourth-order valence-electron chi connectivity index (χ4n) is 2.37. The number of nitrogens with two attached hydrogens (primary N) is 1. The van der Waals surface area contributed by atoms with Crippen molar-refractivity contribution < 1.29 is 9.53 Å². The second-order valence-corrected chi connectivity index (χ2v) is 5.33. The van der Waals surface area contributed by atoms with Crippen LogP contribution in [0.25, 0.3) is 0 Å². The predicted molar refractivity (Wildman–Crippen MR) is 85.4 cm³/mol. The van der Waals surface area contributed by atoms with Gasteiger partial charge in [-0.15, -0.1) is 0 Å². The summed E-state index contributed by atoms with van der Waals surface area (Å²) in [5.41, 5.74) is 7.35. The monoisotopic (exact) mass is 308 g/mol. The molecule has 0 spiro atoms. The fraction of sp³-hybridized carbons (Fsp3) is 0.500. The molecule has 2 rings (SSSR count). The van der Waals surface area contributed by atoms with E-state index in [1.165, 1.54) is 0 Å². The molecule has 0 bridgehead atoms. The third-order valence-electron chi connectivity index (χ3n) is 3.47. The first-order valence-corrected chi connectivity index (χ1v) is 7.44. The van der Waals surface area contributed by atoms with Crippen LogP contribution in [-0.4, -0.2) is 46.7 Å². The number of likely N-dealkylation sites (tertiary alicyclic amines) is 1. The Bertz CT molecular complexity index is 515. The molecule has 0 atom stereocenters. The van der Waals surface area contributed by atoms with E-state index in [0.29, 0.717) is 24.7 Å². The van der Waals surface area contributed by atoms with Crippen molar-refractivity contribution in [3.63, 3.8) is 0 Å². The Labute approximate surface area is 129 Å². The molecule has 6 nitrogen and oxygen atoms in total. The second kappa shape index (κ2) is 7.21. The Morgan fingerprint density at radius 1 is 1.57 bits per heavy atom. The van der Waals surface area contributed by atoms with Crippen molar-refractivity contribution >= 4 is 29.0 Å². The van der Waals surface area contributed by atoms with Gasteiger partial charge in [0, 0.05) is 30.9 Å². The summed E-state index contributed by atoms with van der Waals surface area (Å²) in [4.78, 5) is 17.8. The number of anilines is 1. The number of nitrogens with one attached hydrogen (secondary N) is 1. The molecule has 114 valence electrons. The minimum Gasteiger partial charge on any atom is -0.450 e. The first-order chi connectivity index (χ1) is 10.1. The molecular weight excluding hydrogens is 288 g/mol. The summed E-state index contributed by atoms with van der Waals surface area (Å²) in [6, 6.07) is 2.08. The van der Waals surface area contributed by atoms with Crippen molar-refractivity contribution in [1.29, 1.82) is 0 Å². The van der Waals surface area contributed by atoms with Gasteiger partial charge in [0.2, 0.25) is 0 Å². The number of rotatable bonds is 4. The molecule has 1 amide bonds. The van der Waals surface area contributed by atoms with Crippen LogP contribution >= 0.6 is 12.2 Å². The van der Waals surface area contributed by atoms with E-state index in [1.807, 2.05) is 6.92 Å². The van der Waals surface area contributed by atoms with Gasteiger partial charge < -0.3 is 20.7 Å². The maximum Gasteiger partial charge on any atom is 0.409 e. The summed E-state index contributed by atoms with van der Waals surface area (Å²) in [7, 11) is 0. The number of ether oxygens (including phenoxy) is 1. The smallest absolute Gasteiger partial charge is 0.409 e. The Kier molecular flexibility index (Phi) is 5.32. The number of nitrogens with zero attached hydrogens (tertiary/aromatic N) is 2. The van der Waals surface area contributed by atoms with Crippen LogP contribution in [0.4, 0.5) is 10.5 Å². The summed E-state index contributed by atoms with van der Waals surface area (Å²) in [6.07, 6.45) is 4.87. The van der Waals surface area contributed by atoms with Crippen molar-refractivity contribution in [1.82, 2.24) is 9.88 Å². The molecule has 3 N–H and O–H groups in total. The predicted octanol–water partition coefficient (Wildman–Crippen LogP) is 1.75. The molecule has 1 aromatic rings. The van der Waals surface area contributed by atoms with E-state index in [2.05, 4.69) is 10.3 Å². The Morgan fingerprint density at radius 3 is 2.90 bits per heavy atom. The van der Waals surface area contributed by atoms with E-state index in [1.54, 1.807) is 23.4 Å². The number of thiocarbonyl (C=S) groups is 1. The molecule has 1 fully saturated rings. The van der Waals surface area contributed by atoms with Crippen LogP contribution in [0.3, 0.4) is 0 Å². The number of amides is 1. The van der Waals surface area contributed by atoms with Crippen LogP contribution in [0.2, 0.25) is 0 Å². The molecule has 1 saturated heterocycles. The maximum atomic E-state index is 11.6. The van der Waals surface area contributed by atoms with Crippen LogP contribution in [0, 0.1) is 0 Å². The molecule has 0 saturated carbocycles. The van der Waals surface area contributed by atoms with Crippen molar-refractivity contribution in [3.05, 3.63) is 24.0 Å². The molecule has 0 radical (unpaired) electrons. The summed E-state index contributed by atoms with van der Waals surface area (Å²) >= 11 is 5.04. The van der Waals surface area contributed by atoms with Crippen LogP contribution in [0.5, 0.6) is 0 Å². The summed E-state index contributed by atoms with van der Waals surface area (Å²) in [5.74, 6) is 0. The first-order valence-electron chi connectivity index (χ1n) is 7.04. The van der Waals surface area contributed by atoms with E-state index in [4.69, 9.17) is 22.7 Å². The van der Waals surface area contributed by atoms with Gasteiger partial charge in [0.15, 0.2) is 0 Å². The average Bonchev–Trinajstić information content (AvgIpc) is 2.48. The van der Waals surface area contributed by atoms with Crippen LogP contribution < -0.4 is 11.1 Å². The van der Waals surface area contributed by atoms with Crippen molar-refractivity contribution in [2.45, 2.75) is 25.8 Å². The molecule has 0 aliphatic carbocycles. The number of piperidine rings is 1. The van der Waals surface area contributed by atoms with E-state index in [0.717, 1.165) is 24.1 Å². The summed E-state index contributed by atoms with van der Waals surface area (Å²) < 4.78 is 5.01. The molecule has 2 heterocycles. The van der Waals surface area contributed by atoms with Gasteiger partial charge >= 0.3 is 6.09 Å². The third-order valence-corrected chi connectivity index (χ3v) is 3.69. The van der Waals surface area contributed by atoms with E-state index >= 15 is 0 Å². The SMILES string of the molecule is CCOC(=O)N1CCC(Nc2cnccc2C(N)=S)CC1. The largest absolute Gasteiger partial charge is 0.450 e. The molecule has 1 aliphatic heterocycles. The van der Waals surface area contributed by atoms with Gasteiger partial charge in [-0.2, -0.15) is 0 Å². The highest BCUT2D eigenvalue weighted by Gasteiger charge is 2.24. The molecule has 1 aromatic heterocycles. The zero-order valence-corrected chi connectivity index (χ0v) is 12.9. The van der Waals surface area contributed by atoms with Gasteiger partial charge in [-0.25, -0.2) is 4.79 Å². The van der Waals surface area contributed by atoms with Gasteiger partial charge in [-0.1, -0.05) is 12.2 Å². The van der Waals surface area contributed by atoms with Crippen LogP contribution in [-0.2, 0) is 4.74 Å². The maximum absolute atomic E-state index is 11.6. The quantitative estimate of drug-likeness (QED) is 0.825. The van der Waals surface area contributed by atoms with Gasteiger partial charge in [0.1, 0.15) is 4.99 Å². The topological polar surface area (TPSA) is 80.5 Å². The highest BCUT2D eigenvalue weighted by Crippen LogP contribution is 2.19. The summed E-state index contributed by atoms with van der Waals surface area (Å²) in [6.45, 7) is 3.58. The third kappa shape index (κ3) is 4.04. The molecule has 0 unspecified atom stereocenters. The number of carbonyl (C=O) groups excluding carboxylic acids is 1. The van der Waals surface area contributed by atoms with Gasteiger partial charge in [-0.3, -0.25) is 4.98 Å². The Balaban J connectivity index is 1.92. The molecule has 21 heavy (non-hydrogen) atoms. The molecule has 0 aromatic carbocycles. The Hall–Kier alpha value is -1.89. The van der Waals surface area contributed by atoms with E-state index in [9.17, 15) is 4.79 Å². The number of carbonyl (C=O) groups is 1. The zero-order valence-electron chi connectivity index (χ0n) is 12.0. The van der Waals surface area contributed by atoms with E-state index < -0.39 is 0 Å². The zero-order chi connectivity index (χ0) is 15.2. The average molecular weight is 308 g/mol. The standard InChI is InChI=1S/C14H20N4O2S/c1-2-20-14(19)18-7-4-10(5-8-18)17-12-9-16-6-3-11(12)13(15)21/h3,6,9-10,17H,2,4-5,7-8H2,1H3,(H2,15,21). The number of aromatic nitrogens is 1. The number of pyridine rings is 1. The van der Waals surface area contributed by atoms with E-state index in [-0.39, 0.29) is 12.1 Å². The van der Waals surface area contributed by atoms with Gasteiger partial charge in [0.05, 0.1) is 18.5 Å². The van der Waals surface area contributed by atoms with Crippen molar-refractivity contribution in [3.8, 4) is 0 Å². The highest BCUT2D eigenvalue weighted by atomic mass is 32.1. The fourth-order valence-corrected chi connectivity index (χ4v) is 2.54. The van der Waals surface area contributed by atoms with Crippen LogP contribution in [0.1, 0.15) is 25.3 Å². The van der Waals surface area contributed by atoms with Crippen LogP contribution in [0.15, 0.2) is 18.5 Å². The highest BCUT2D eigenvalue weighted by molar-refractivity contribution is 7.80. The van der Waals surface area contributed by atoms with Gasteiger partial charge in [-0.05, 0) is 25.8 Å². The molecular formula is C14H20N4O2S. The lowest BCUT2D eigenvalue weighted by molar-refractivity contribution is 0.0983. The minimum absolute atomic E-state index is 0.235. The van der Waals surface area contributed by atoms with Gasteiger partial charge in [0.25, 0.3) is 0 Å². The molecule has 7 heteroatoms. The van der Waals surface area contributed by atoms with Crippen molar-refractivity contribution in [2.75, 3.05) is 25.0 Å². The lowest BCUT2D eigenvalue weighted by Gasteiger charge is -2.32. The Morgan fingerprint density at radius 2 is 2.29 bits per heavy atom. The summed E-state index contributed by atoms with van der Waals surface area (Å²) in [5, 5.41) is 3.41. The molecule has 1 aliphatic rings. The first kappa shape index (κ1) is 15.5. The number of hydrogen-bond acceptors (Lipinski definition) is 5.